The van der Waals surface area contributed by atoms with Gasteiger partial charge in [-0.1, -0.05) is 33.6 Å². The number of ether oxygens (including phenoxy) is 1. The van der Waals surface area contributed by atoms with Crippen molar-refractivity contribution in [3.8, 4) is 0 Å². The van der Waals surface area contributed by atoms with Gasteiger partial charge in [-0.25, -0.2) is 8.42 Å². The van der Waals surface area contributed by atoms with E-state index in [1.807, 2.05) is 4.90 Å². The number of hydrogen-bond acceptors (Lipinski definition) is 4. The van der Waals surface area contributed by atoms with Crippen LogP contribution >= 0.6 is 0 Å². The predicted molar refractivity (Wildman–Crippen MR) is 109 cm³/mol. The zero-order chi connectivity index (χ0) is 20.2. The highest BCUT2D eigenvalue weighted by Gasteiger charge is 2.32. The Morgan fingerprint density at radius 1 is 1.26 bits per heavy atom. The largest absolute Gasteiger partial charge is 0.371 e. The Hall–Kier alpha value is -1.60. The van der Waals surface area contributed by atoms with Gasteiger partial charge in [-0.15, -0.1) is 0 Å². The summed E-state index contributed by atoms with van der Waals surface area (Å²) in [6.45, 7) is 7.58. The molecule has 0 radical (unpaired) electrons. The molecule has 1 heterocycles. The van der Waals surface area contributed by atoms with Crippen LogP contribution in [0.1, 0.15) is 50.4 Å². The third-order valence-corrected chi connectivity index (χ3v) is 6.28. The molecule has 0 N–H and O–H groups in total. The van der Waals surface area contributed by atoms with Gasteiger partial charge in [-0.2, -0.15) is 0 Å². The molecule has 1 saturated heterocycles. The fraction of sp³-hybridized carbons (Fsp3) is 0.650. The van der Waals surface area contributed by atoms with E-state index < -0.39 is 10.0 Å². The summed E-state index contributed by atoms with van der Waals surface area (Å²) in [7, 11) is -1.82. The van der Waals surface area contributed by atoms with E-state index in [0.29, 0.717) is 30.3 Å². The molecule has 2 atom stereocenters. The van der Waals surface area contributed by atoms with Crippen molar-refractivity contribution in [2.75, 3.05) is 30.7 Å². The first-order chi connectivity index (χ1) is 12.6. The third-order valence-electron chi connectivity index (χ3n) is 5.08. The second-order valence-electron chi connectivity index (χ2n) is 7.67. The maximum Gasteiger partial charge on any atom is 0.254 e. The summed E-state index contributed by atoms with van der Waals surface area (Å²) in [6, 6.07) is 6.73. The molecule has 0 saturated carbocycles. The third kappa shape index (κ3) is 5.69. The molecule has 152 valence electrons. The smallest absolute Gasteiger partial charge is 0.254 e. The van der Waals surface area contributed by atoms with Crippen molar-refractivity contribution in [3.05, 3.63) is 29.8 Å². The molecular weight excluding hydrogens is 364 g/mol. The minimum atomic E-state index is -3.32. The molecule has 0 spiro atoms. The lowest BCUT2D eigenvalue weighted by Gasteiger charge is -2.40. The number of hydrogen-bond donors (Lipinski definition) is 0. The molecule has 1 aliphatic heterocycles. The normalized spacial score (nSPS) is 20.7. The highest BCUT2D eigenvalue weighted by Crippen LogP contribution is 2.23. The number of morpholine rings is 1. The number of carbonyl (C=O) groups is 1. The molecule has 0 aliphatic carbocycles. The molecule has 27 heavy (non-hydrogen) atoms. The van der Waals surface area contributed by atoms with E-state index in [1.165, 1.54) is 11.4 Å². The first-order valence-corrected chi connectivity index (χ1v) is 11.5. The highest BCUT2D eigenvalue weighted by atomic mass is 32.2. The summed E-state index contributed by atoms with van der Waals surface area (Å²) in [5.41, 5.74) is 1.11. The Morgan fingerprint density at radius 2 is 1.89 bits per heavy atom. The Labute approximate surface area is 163 Å². The standard InChI is InChI=1S/C20H32N2O4S/c1-6-7-8-18-13-22(14-19(26-18)15(2)3)20(23)16-9-11-17(12-10-16)21(4)27(5,24)25/h9-12,15,18-19H,6-8,13-14H2,1-5H3/t18-,19-/m1/s1. The lowest BCUT2D eigenvalue weighted by atomic mass is 10.0. The van der Waals surface area contributed by atoms with E-state index in [4.69, 9.17) is 4.74 Å². The Balaban J connectivity index is 2.14. The topological polar surface area (TPSA) is 66.9 Å². The van der Waals surface area contributed by atoms with Crippen LogP contribution < -0.4 is 4.31 Å². The molecule has 0 unspecified atom stereocenters. The van der Waals surface area contributed by atoms with Gasteiger partial charge >= 0.3 is 0 Å². The minimum Gasteiger partial charge on any atom is -0.371 e. The molecule has 2 rings (SSSR count). The van der Waals surface area contributed by atoms with Crippen molar-refractivity contribution in [1.82, 2.24) is 4.90 Å². The van der Waals surface area contributed by atoms with E-state index in [0.717, 1.165) is 25.5 Å². The average Bonchev–Trinajstić information content (AvgIpc) is 2.64. The number of carbonyl (C=O) groups excluding carboxylic acids is 1. The lowest BCUT2D eigenvalue weighted by molar-refractivity contribution is -0.0962. The predicted octanol–water partition coefficient (Wildman–Crippen LogP) is 3.14. The van der Waals surface area contributed by atoms with Crippen molar-refractivity contribution < 1.29 is 17.9 Å². The van der Waals surface area contributed by atoms with Crippen molar-refractivity contribution in [2.24, 2.45) is 5.92 Å². The molecule has 1 aromatic carbocycles. The SMILES string of the molecule is CCCC[C@@H]1CN(C(=O)c2ccc(N(C)S(C)(=O)=O)cc2)C[C@H](C(C)C)O1. The van der Waals surface area contributed by atoms with Crippen LogP contribution in [0.3, 0.4) is 0 Å². The summed E-state index contributed by atoms with van der Waals surface area (Å²) in [5.74, 6) is 0.314. The van der Waals surface area contributed by atoms with Crippen LogP contribution in [0, 0.1) is 5.92 Å². The lowest BCUT2D eigenvalue weighted by Crippen LogP contribution is -2.51. The minimum absolute atomic E-state index is 0.0287. The van der Waals surface area contributed by atoms with Gasteiger partial charge in [-0.3, -0.25) is 9.10 Å². The fourth-order valence-electron chi connectivity index (χ4n) is 3.18. The van der Waals surface area contributed by atoms with Crippen LogP contribution in [0.2, 0.25) is 0 Å². The maximum atomic E-state index is 13.0. The van der Waals surface area contributed by atoms with Crippen LogP contribution in [-0.2, 0) is 14.8 Å². The monoisotopic (exact) mass is 396 g/mol. The Bertz CT molecular complexity index is 731. The van der Waals surface area contributed by atoms with E-state index in [2.05, 4.69) is 20.8 Å². The first kappa shape index (κ1) is 21.7. The van der Waals surface area contributed by atoms with Gasteiger partial charge in [0.05, 0.1) is 24.2 Å². The van der Waals surface area contributed by atoms with Crippen LogP contribution in [0.15, 0.2) is 24.3 Å². The molecule has 6 nitrogen and oxygen atoms in total. The zero-order valence-electron chi connectivity index (χ0n) is 17.0. The van der Waals surface area contributed by atoms with Gasteiger partial charge in [0.2, 0.25) is 10.0 Å². The molecule has 0 bridgehead atoms. The van der Waals surface area contributed by atoms with Crippen molar-refractivity contribution >= 4 is 21.6 Å². The molecule has 1 aliphatic rings. The molecule has 1 aromatic rings. The summed E-state index contributed by atoms with van der Waals surface area (Å²) in [5, 5.41) is 0. The number of nitrogens with zero attached hydrogens (tertiary/aromatic N) is 2. The summed E-state index contributed by atoms with van der Waals surface area (Å²) < 4.78 is 30.7. The number of unbranched alkanes of at least 4 members (excludes halogenated alkanes) is 1. The van der Waals surface area contributed by atoms with Crippen LogP contribution in [0.25, 0.3) is 0 Å². The van der Waals surface area contributed by atoms with Gasteiger partial charge in [0.15, 0.2) is 0 Å². The van der Waals surface area contributed by atoms with Gasteiger partial charge in [0, 0.05) is 25.7 Å². The summed E-state index contributed by atoms with van der Waals surface area (Å²) >= 11 is 0. The molecule has 1 amide bonds. The molecule has 1 fully saturated rings. The van der Waals surface area contributed by atoms with Gasteiger partial charge < -0.3 is 9.64 Å². The number of benzene rings is 1. The number of anilines is 1. The zero-order valence-corrected chi connectivity index (χ0v) is 17.8. The molecular formula is C20H32N2O4S. The van der Waals surface area contributed by atoms with E-state index in [1.54, 1.807) is 24.3 Å². The Morgan fingerprint density at radius 3 is 2.41 bits per heavy atom. The summed E-state index contributed by atoms with van der Waals surface area (Å²) in [4.78, 5) is 14.9. The van der Waals surface area contributed by atoms with Gasteiger partial charge in [-0.05, 0) is 36.6 Å². The van der Waals surface area contributed by atoms with Crippen molar-refractivity contribution in [2.45, 2.75) is 52.2 Å². The fourth-order valence-corrected chi connectivity index (χ4v) is 3.69. The van der Waals surface area contributed by atoms with Gasteiger partial charge in [0.1, 0.15) is 0 Å². The van der Waals surface area contributed by atoms with Gasteiger partial charge in [0.25, 0.3) is 5.91 Å². The van der Waals surface area contributed by atoms with E-state index in [9.17, 15) is 13.2 Å². The van der Waals surface area contributed by atoms with Crippen molar-refractivity contribution in [1.29, 1.82) is 0 Å². The number of rotatable bonds is 7. The van der Waals surface area contributed by atoms with Crippen LogP contribution in [-0.4, -0.2) is 57.8 Å². The average molecular weight is 397 g/mol. The maximum absolute atomic E-state index is 13.0. The van der Waals surface area contributed by atoms with Crippen LogP contribution in [0.4, 0.5) is 5.69 Å². The number of amides is 1. The molecule has 0 aromatic heterocycles. The summed E-state index contributed by atoms with van der Waals surface area (Å²) in [6.07, 6.45) is 4.43. The van der Waals surface area contributed by atoms with Crippen LogP contribution in [0.5, 0.6) is 0 Å². The quantitative estimate of drug-likeness (QED) is 0.710. The van der Waals surface area contributed by atoms with E-state index in [-0.39, 0.29) is 18.1 Å². The Kier molecular flexibility index (Phi) is 7.28. The van der Waals surface area contributed by atoms with Crippen molar-refractivity contribution in [3.63, 3.8) is 0 Å². The highest BCUT2D eigenvalue weighted by molar-refractivity contribution is 7.92. The van der Waals surface area contributed by atoms with E-state index >= 15 is 0 Å². The first-order valence-electron chi connectivity index (χ1n) is 9.62. The molecule has 7 heteroatoms. The second-order valence-corrected chi connectivity index (χ2v) is 9.68. The number of sulfonamides is 1. The second kappa shape index (κ2) is 9.06.